The Hall–Kier alpha value is -1.55. The van der Waals surface area contributed by atoms with Gasteiger partial charge in [0, 0.05) is 0 Å². The van der Waals surface area contributed by atoms with Crippen molar-refractivity contribution in [2.75, 3.05) is 6.54 Å². The molecule has 1 fully saturated rings. The van der Waals surface area contributed by atoms with E-state index in [1.807, 2.05) is 26.0 Å². The molecule has 3 atom stereocenters. The molecule has 1 unspecified atom stereocenters. The molecule has 4 heteroatoms. The Morgan fingerprint density at radius 2 is 1.77 bits per heavy atom. The van der Waals surface area contributed by atoms with E-state index in [0.29, 0.717) is 0 Å². The molecule has 0 aromatic heterocycles. The quantitative estimate of drug-likeness (QED) is 0.726. The lowest BCUT2D eigenvalue weighted by molar-refractivity contribution is -0.0393. The predicted octanol–water partition coefficient (Wildman–Crippen LogP) is 5.47. The Balaban J connectivity index is 0.00000243. The summed E-state index contributed by atoms with van der Waals surface area (Å²) in [7, 11) is 0. The van der Waals surface area contributed by atoms with Crippen LogP contribution in [0.3, 0.4) is 0 Å². The van der Waals surface area contributed by atoms with E-state index < -0.39 is 0 Å². The van der Waals surface area contributed by atoms with Crippen molar-refractivity contribution in [1.29, 1.82) is 0 Å². The zero-order valence-corrected chi connectivity index (χ0v) is 16.7. The van der Waals surface area contributed by atoms with Crippen LogP contribution in [-0.4, -0.2) is 18.8 Å². The second kappa shape index (κ2) is 9.96. The van der Waals surface area contributed by atoms with Crippen molar-refractivity contribution in [3.05, 3.63) is 65.7 Å². The zero-order chi connectivity index (χ0) is 17.6. The maximum absolute atomic E-state index is 6.49. The number of hydrogen-bond acceptors (Lipinski definition) is 3. The number of rotatable bonds is 6. The largest absolute Gasteiger partial charge is 0.491 e. The summed E-state index contributed by atoms with van der Waals surface area (Å²) in [5.74, 6) is 0.907. The van der Waals surface area contributed by atoms with E-state index in [0.717, 1.165) is 30.7 Å². The molecule has 1 heterocycles. The number of hydrogen-bond donors (Lipinski definition) is 1. The lowest BCUT2D eigenvalue weighted by Crippen LogP contribution is -2.39. The number of nitrogens with one attached hydrogen (secondary N) is 1. The molecule has 0 amide bonds. The molecule has 0 bridgehead atoms. The Morgan fingerprint density at radius 1 is 1.00 bits per heavy atom. The third kappa shape index (κ3) is 5.47. The van der Waals surface area contributed by atoms with Crippen LogP contribution in [0.2, 0.25) is 0 Å². The number of ether oxygens (including phenoxy) is 2. The van der Waals surface area contributed by atoms with Crippen molar-refractivity contribution in [1.82, 2.24) is 5.32 Å². The summed E-state index contributed by atoms with van der Waals surface area (Å²) in [4.78, 5) is 0. The van der Waals surface area contributed by atoms with E-state index >= 15 is 0 Å². The van der Waals surface area contributed by atoms with Crippen molar-refractivity contribution in [3.8, 4) is 5.75 Å². The third-order valence-electron chi connectivity index (χ3n) is 4.64. The highest BCUT2D eigenvalue weighted by Crippen LogP contribution is 2.31. The second-order valence-corrected chi connectivity index (χ2v) is 7.04. The minimum absolute atomic E-state index is 0. The minimum atomic E-state index is 0. The SMILES string of the molecule is CC(C)Oc1cccc(C(C)O[C@H]2CCCN[C@H]2c2ccccc2)c1.Cl. The maximum atomic E-state index is 6.49. The topological polar surface area (TPSA) is 30.5 Å². The minimum Gasteiger partial charge on any atom is -0.491 e. The first kappa shape index (κ1) is 20.8. The van der Waals surface area contributed by atoms with Crippen LogP contribution in [0.5, 0.6) is 5.75 Å². The number of halogens is 1. The summed E-state index contributed by atoms with van der Waals surface area (Å²) in [6.45, 7) is 7.27. The summed E-state index contributed by atoms with van der Waals surface area (Å²) < 4.78 is 12.3. The summed E-state index contributed by atoms with van der Waals surface area (Å²) >= 11 is 0. The average molecular weight is 376 g/mol. The fourth-order valence-corrected chi connectivity index (χ4v) is 3.45. The zero-order valence-electron chi connectivity index (χ0n) is 15.9. The van der Waals surface area contributed by atoms with Crippen LogP contribution in [0.1, 0.15) is 56.9 Å². The molecular formula is C22H30ClNO2. The summed E-state index contributed by atoms with van der Waals surface area (Å²) in [6.07, 6.45) is 2.63. The van der Waals surface area contributed by atoms with Gasteiger partial charge in [-0.15, -0.1) is 12.4 Å². The maximum Gasteiger partial charge on any atom is 0.120 e. The molecular weight excluding hydrogens is 346 g/mol. The fourth-order valence-electron chi connectivity index (χ4n) is 3.45. The van der Waals surface area contributed by atoms with Crippen molar-refractivity contribution in [3.63, 3.8) is 0 Å². The third-order valence-corrected chi connectivity index (χ3v) is 4.64. The monoisotopic (exact) mass is 375 g/mol. The lowest BCUT2D eigenvalue weighted by Gasteiger charge is -2.35. The molecule has 2 aromatic carbocycles. The Bertz CT molecular complexity index is 662. The molecule has 3 nitrogen and oxygen atoms in total. The van der Waals surface area contributed by atoms with E-state index in [4.69, 9.17) is 9.47 Å². The van der Waals surface area contributed by atoms with Gasteiger partial charge >= 0.3 is 0 Å². The lowest BCUT2D eigenvalue weighted by atomic mass is 9.94. The molecule has 1 aliphatic rings. The van der Waals surface area contributed by atoms with Crippen molar-refractivity contribution in [2.45, 2.75) is 58.0 Å². The van der Waals surface area contributed by atoms with Gasteiger partial charge in [-0.25, -0.2) is 0 Å². The number of benzene rings is 2. The van der Waals surface area contributed by atoms with Gasteiger partial charge in [0.25, 0.3) is 0 Å². The molecule has 0 aliphatic carbocycles. The highest BCUT2D eigenvalue weighted by atomic mass is 35.5. The molecule has 0 radical (unpaired) electrons. The van der Waals surface area contributed by atoms with Gasteiger partial charge in [0.2, 0.25) is 0 Å². The van der Waals surface area contributed by atoms with Gasteiger partial charge in [-0.2, -0.15) is 0 Å². The first-order chi connectivity index (χ1) is 12.1. The van der Waals surface area contributed by atoms with Crippen LogP contribution in [0.4, 0.5) is 0 Å². The molecule has 3 rings (SSSR count). The standard InChI is InChI=1S/C22H29NO2.ClH/c1-16(2)24-20-12-7-11-19(15-20)17(3)25-21-13-8-14-23-22(21)18-9-5-4-6-10-18;/h4-7,9-12,15-17,21-23H,8,13-14H2,1-3H3;1H/t17?,21-,22-;/m0./s1. The molecule has 0 spiro atoms. The first-order valence-corrected chi connectivity index (χ1v) is 9.34. The van der Waals surface area contributed by atoms with Gasteiger partial charge in [0.1, 0.15) is 5.75 Å². The van der Waals surface area contributed by atoms with Gasteiger partial charge in [0.15, 0.2) is 0 Å². The number of piperidine rings is 1. The Labute approximate surface area is 163 Å². The van der Waals surface area contributed by atoms with E-state index in [2.05, 4.69) is 54.7 Å². The van der Waals surface area contributed by atoms with Crippen molar-refractivity contribution >= 4 is 12.4 Å². The highest BCUT2D eigenvalue weighted by molar-refractivity contribution is 5.85. The average Bonchev–Trinajstić information content (AvgIpc) is 2.62. The second-order valence-electron chi connectivity index (χ2n) is 7.04. The van der Waals surface area contributed by atoms with Crippen LogP contribution in [0.15, 0.2) is 54.6 Å². The molecule has 0 saturated carbocycles. The molecule has 1 saturated heterocycles. The first-order valence-electron chi connectivity index (χ1n) is 9.34. The van der Waals surface area contributed by atoms with Gasteiger partial charge in [-0.05, 0) is 63.4 Å². The van der Waals surface area contributed by atoms with Gasteiger partial charge in [-0.3, -0.25) is 0 Å². The molecule has 26 heavy (non-hydrogen) atoms. The molecule has 142 valence electrons. The smallest absolute Gasteiger partial charge is 0.120 e. The Kier molecular flexibility index (Phi) is 7.95. The fraction of sp³-hybridized carbons (Fsp3) is 0.455. The summed E-state index contributed by atoms with van der Waals surface area (Å²) in [5, 5.41) is 3.63. The van der Waals surface area contributed by atoms with Crippen LogP contribution in [0.25, 0.3) is 0 Å². The highest BCUT2D eigenvalue weighted by Gasteiger charge is 2.28. The van der Waals surface area contributed by atoms with Gasteiger partial charge in [-0.1, -0.05) is 42.5 Å². The normalized spacial score (nSPS) is 21.1. The van der Waals surface area contributed by atoms with E-state index in [-0.39, 0.29) is 36.8 Å². The Morgan fingerprint density at radius 3 is 2.50 bits per heavy atom. The van der Waals surface area contributed by atoms with Gasteiger partial charge in [0.05, 0.1) is 24.4 Å². The van der Waals surface area contributed by atoms with Gasteiger partial charge < -0.3 is 14.8 Å². The molecule has 2 aromatic rings. The predicted molar refractivity (Wildman–Crippen MR) is 109 cm³/mol. The van der Waals surface area contributed by atoms with Crippen molar-refractivity contribution < 1.29 is 9.47 Å². The van der Waals surface area contributed by atoms with Crippen LogP contribution < -0.4 is 10.1 Å². The molecule has 1 aliphatic heterocycles. The van der Waals surface area contributed by atoms with Crippen molar-refractivity contribution in [2.24, 2.45) is 0 Å². The van der Waals surface area contributed by atoms with Crippen LogP contribution in [-0.2, 0) is 4.74 Å². The van der Waals surface area contributed by atoms with E-state index in [9.17, 15) is 0 Å². The van der Waals surface area contributed by atoms with Crippen LogP contribution in [0, 0.1) is 0 Å². The van der Waals surface area contributed by atoms with Crippen LogP contribution >= 0.6 is 12.4 Å². The summed E-state index contributed by atoms with van der Waals surface area (Å²) in [6, 6.07) is 19.1. The van der Waals surface area contributed by atoms with E-state index in [1.165, 1.54) is 5.56 Å². The van der Waals surface area contributed by atoms with E-state index in [1.54, 1.807) is 0 Å². The summed E-state index contributed by atoms with van der Waals surface area (Å²) in [5.41, 5.74) is 2.46. The molecule has 1 N–H and O–H groups in total.